The van der Waals surface area contributed by atoms with Crippen LogP contribution in [0.25, 0.3) is 5.52 Å². The molecule has 0 bridgehead atoms. The van der Waals surface area contributed by atoms with Crippen LogP contribution in [-0.4, -0.2) is 32.9 Å². The molecule has 7 nitrogen and oxygen atoms in total. The number of nitrogens with zero attached hydrogens (tertiary/aromatic N) is 3. The highest BCUT2D eigenvalue weighted by Crippen LogP contribution is 2.11. The van der Waals surface area contributed by atoms with Crippen molar-refractivity contribution in [1.29, 1.82) is 0 Å². The van der Waals surface area contributed by atoms with E-state index in [4.69, 9.17) is 0 Å². The molecule has 0 saturated heterocycles. The number of rotatable bonds is 1. The molecule has 0 amide bonds. The first-order chi connectivity index (χ1) is 7.54. The molecule has 0 aromatic carbocycles. The summed E-state index contributed by atoms with van der Waals surface area (Å²) in [5.74, 6) is -0.167. The van der Waals surface area contributed by atoms with Gasteiger partial charge in [-0.05, 0) is 13.8 Å². The molecule has 84 valence electrons. The quantitative estimate of drug-likeness (QED) is 0.676. The fraction of sp³-hybridized carbons (Fsp3) is 0.333. The van der Waals surface area contributed by atoms with Gasteiger partial charge in [0.2, 0.25) is 0 Å². The second kappa shape index (κ2) is 3.44. The third-order valence-corrected chi connectivity index (χ3v) is 2.19. The maximum Gasteiger partial charge on any atom is 0.342 e. The van der Waals surface area contributed by atoms with Crippen LogP contribution in [0.2, 0.25) is 0 Å². The Morgan fingerprint density at radius 2 is 2.06 bits per heavy atom. The molecule has 1 N–H and O–H groups in total. The molecule has 0 saturated carbocycles. The summed E-state index contributed by atoms with van der Waals surface area (Å²) in [5.41, 5.74) is 0.259. The summed E-state index contributed by atoms with van der Waals surface area (Å²) in [5, 5.41) is 7.97. The average molecular weight is 222 g/mol. The number of H-pyrrole nitrogens is 1. The van der Waals surface area contributed by atoms with Gasteiger partial charge in [0.25, 0.3) is 5.56 Å². The summed E-state index contributed by atoms with van der Waals surface area (Å²) in [6, 6.07) is 0. The molecule has 0 aliphatic heterocycles. The van der Waals surface area contributed by atoms with E-state index in [1.54, 1.807) is 13.8 Å². The predicted molar refractivity (Wildman–Crippen MR) is 54.4 cm³/mol. The van der Waals surface area contributed by atoms with Crippen LogP contribution in [0.4, 0.5) is 0 Å². The molecule has 0 radical (unpaired) electrons. The van der Waals surface area contributed by atoms with E-state index in [1.807, 2.05) is 0 Å². The van der Waals surface area contributed by atoms with Crippen LogP contribution in [0, 0.1) is 13.8 Å². The van der Waals surface area contributed by atoms with E-state index in [-0.39, 0.29) is 11.1 Å². The molecule has 16 heavy (non-hydrogen) atoms. The van der Waals surface area contributed by atoms with E-state index >= 15 is 0 Å². The van der Waals surface area contributed by atoms with Gasteiger partial charge in [-0.3, -0.25) is 4.79 Å². The van der Waals surface area contributed by atoms with Crippen LogP contribution in [0.5, 0.6) is 0 Å². The molecule has 0 aliphatic carbocycles. The van der Waals surface area contributed by atoms with E-state index in [2.05, 4.69) is 19.9 Å². The number of aromatic amines is 1. The molecule has 7 heteroatoms. The molecule has 0 aliphatic rings. The van der Waals surface area contributed by atoms with E-state index in [1.165, 1.54) is 7.11 Å². The van der Waals surface area contributed by atoms with Gasteiger partial charge >= 0.3 is 5.97 Å². The van der Waals surface area contributed by atoms with Crippen molar-refractivity contribution in [2.45, 2.75) is 13.8 Å². The van der Waals surface area contributed by atoms with Gasteiger partial charge < -0.3 is 9.72 Å². The Balaban J connectivity index is 2.89. The van der Waals surface area contributed by atoms with Crippen molar-refractivity contribution in [3.8, 4) is 0 Å². The monoisotopic (exact) mass is 222 g/mol. The van der Waals surface area contributed by atoms with Crippen LogP contribution >= 0.6 is 0 Å². The number of aromatic nitrogens is 4. The molecule has 0 spiro atoms. The molecule has 2 heterocycles. The molecule has 2 aromatic rings. The smallest absolute Gasteiger partial charge is 0.342 e. The molecule has 2 rings (SSSR count). The Morgan fingerprint density at radius 3 is 2.69 bits per heavy atom. The van der Waals surface area contributed by atoms with Gasteiger partial charge in [0.05, 0.1) is 12.8 Å². The number of carbonyl (C=O) groups is 1. The SMILES string of the molecule is COC(=O)c1c(C)nn2nc(C)[nH]c(=O)c12. The Bertz CT molecular complexity index is 625. The molecule has 0 fully saturated rings. The predicted octanol–water partition coefficient (Wildman–Crippen LogP) is -0.179. The number of hydrogen-bond acceptors (Lipinski definition) is 5. The van der Waals surface area contributed by atoms with Gasteiger partial charge in [0, 0.05) is 0 Å². The lowest BCUT2D eigenvalue weighted by Crippen LogP contribution is -2.17. The first-order valence-corrected chi connectivity index (χ1v) is 4.59. The van der Waals surface area contributed by atoms with E-state index in [0.717, 1.165) is 4.63 Å². The lowest BCUT2D eigenvalue weighted by atomic mass is 10.2. The number of fused-ring (bicyclic) bond motifs is 1. The average Bonchev–Trinajstić information content (AvgIpc) is 2.53. The highest BCUT2D eigenvalue weighted by molar-refractivity contribution is 5.97. The number of aryl methyl sites for hydroxylation is 2. The molecule has 0 atom stereocenters. The number of ether oxygens (including phenoxy) is 1. The van der Waals surface area contributed by atoms with Crippen molar-refractivity contribution in [2.75, 3.05) is 7.11 Å². The van der Waals surface area contributed by atoms with Crippen LogP contribution in [0.15, 0.2) is 4.79 Å². The van der Waals surface area contributed by atoms with Gasteiger partial charge in [0.1, 0.15) is 11.4 Å². The largest absolute Gasteiger partial charge is 0.465 e. The summed E-state index contributed by atoms with van der Waals surface area (Å²) in [6.45, 7) is 3.26. The van der Waals surface area contributed by atoms with Crippen molar-refractivity contribution in [1.82, 2.24) is 19.8 Å². The van der Waals surface area contributed by atoms with Crippen molar-refractivity contribution in [3.05, 3.63) is 27.4 Å². The topological polar surface area (TPSA) is 89.3 Å². The van der Waals surface area contributed by atoms with E-state index < -0.39 is 11.5 Å². The van der Waals surface area contributed by atoms with Crippen LogP contribution < -0.4 is 5.56 Å². The number of carbonyl (C=O) groups excluding carboxylic acids is 1. The van der Waals surface area contributed by atoms with Crippen LogP contribution in [-0.2, 0) is 4.74 Å². The molecule has 0 unspecified atom stereocenters. The van der Waals surface area contributed by atoms with Crippen molar-refractivity contribution in [3.63, 3.8) is 0 Å². The normalized spacial score (nSPS) is 10.7. The second-order valence-electron chi connectivity index (χ2n) is 3.33. The Kier molecular flexibility index (Phi) is 2.22. The maximum atomic E-state index is 11.7. The second-order valence-corrected chi connectivity index (χ2v) is 3.33. The zero-order chi connectivity index (χ0) is 11.9. The van der Waals surface area contributed by atoms with E-state index in [0.29, 0.717) is 11.5 Å². The van der Waals surface area contributed by atoms with Crippen molar-refractivity contribution >= 4 is 11.5 Å². The summed E-state index contributed by atoms with van der Waals surface area (Å²) in [6.07, 6.45) is 0. The van der Waals surface area contributed by atoms with Gasteiger partial charge in [-0.15, -0.1) is 9.73 Å². The van der Waals surface area contributed by atoms with Crippen LogP contribution in [0.1, 0.15) is 21.9 Å². The minimum atomic E-state index is -0.594. The minimum absolute atomic E-state index is 0.106. The number of nitrogens with one attached hydrogen (secondary N) is 1. The van der Waals surface area contributed by atoms with Gasteiger partial charge in [-0.25, -0.2) is 4.79 Å². The highest BCUT2D eigenvalue weighted by Gasteiger charge is 2.21. The summed E-state index contributed by atoms with van der Waals surface area (Å²) < 4.78 is 5.74. The van der Waals surface area contributed by atoms with Crippen LogP contribution in [0.3, 0.4) is 0 Å². The maximum absolute atomic E-state index is 11.7. The third kappa shape index (κ3) is 1.37. The Morgan fingerprint density at radius 1 is 1.38 bits per heavy atom. The lowest BCUT2D eigenvalue weighted by molar-refractivity contribution is 0.0602. The van der Waals surface area contributed by atoms with Gasteiger partial charge in [-0.2, -0.15) is 5.10 Å². The highest BCUT2D eigenvalue weighted by atomic mass is 16.5. The number of hydrogen-bond donors (Lipinski definition) is 1. The summed E-state index contributed by atoms with van der Waals surface area (Å²) in [7, 11) is 1.25. The Hall–Kier alpha value is -2.18. The molecular weight excluding hydrogens is 212 g/mol. The first-order valence-electron chi connectivity index (χ1n) is 4.59. The lowest BCUT2D eigenvalue weighted by Gasteiger charge is -1.97. The van der Waals surface area contributed by atoms with E-state index in [9.17, 15) is 9.59 Å². The first kappa shape index (κ1) is 10.3. The third-order valence-electron chi connectivity index (χ3n) is 2.19. The van der Waals surface area contributed by atoms with Gasteiger partial charge in [0.15, 0.2) is 5.52 Å². The molecule has 2 aromatic heterocycles. The number of esters is 1. The zero-order valence-corrected chi connectivity index (χ0v) is 9.07. The zero-order valence-electron chi connectivity index (χ0n) is 9.07. The van der Waals surface area contributed by atoms with Crippen molar-refractivity contribution in [2.24, 2.45) is 0 Å². The standard InChI is InChI=1S/C9H10N4O3/c1-4-6(9(15)16-3)7-8(14)10-5(2)12-13(7)11-4/h1-3H3,(H,10,12,14). The fourth-order valence-corrected chi connectivity index (χ4v) is 1.53. The summed E-state index contributed by atoms with van der Waals surface area (Å²) in [4.78, 5) is 25.7. The fourth-order valence-electron chi connectivity index (χ4n) is 1.53. The summed E-state index contributed by atoms with van der Waals surface area (Å²) >= 11 is 0. The minimum Gasteiger partial charge on any atom is -0.465 e. The van der Waals surface area contributed by atoms with Crippen molar-refractivity contribution < 1.29 is 9.53 Å². The molecular formula is C9H10N4O3. The van der Waals surface area contributed by atoms with Gasteiger partial charge in [-0.1, -0.05) is 0 Å². The number of methoxy groups -OCH3 is 1. The Labute approximate surface area is 90.0 Å².